The highest BCUT2D eigenvalue weighted by molar-refractivity contribution is 6.21. The maximum atomic E-state index is 5.69. The van der Waals surface area contributed by atoms with Crippen molar-refractivity contribution in [3.05, 3.63) is 60.2 Å². The van der Waals surface area contributed by atoms with Crippen LogP contribution in [-0.2, 0) is 0 Å². The molecule has 0 atom stereocenters. The minimum Gasteiger partial charge on any atom is -0.114 e. The van der Waals surface area contributed by atoms with Crippen molar-refractivity contribution in [2.45, 2.75) is 6.42 Å². The summed E-state index contributed by atoms with van der Waals surface area (Å²) in [6.45, 7) is 0. The third-order valence-electron chi connectivity index (χ3n) is 1.47. The van der Waals surface area contributed by atoms with Gasteiger partial charge in [0.05, 0.1) is 0 Å². The molecule has 0 spiro atoms. The molecule has 0 unspecified atom stereocenters. The van der Waals surface area contributed by atoms with Gasteiger partial charge in [0.25, 0.3) is 0 Å². The number of allylic oxidation sites excluding steroid dienone is 10. The second-order valence-electron chi connectivity index (χ2n) is 2.53. The molecule has 0 bridgehead atoms. The lowest BCUT2D eigenvalue weighted by Gasteiger charge is -1.90. The van der Waals surface area contributed by atoms with Crippen LogP contribution < -0.4 is 0 Å². The van der Waals surface area contributed by atoms with Gasteiger partial charge in [0.15, 0.2) is 0 Å². The maximum absolute atomic E-state index is 5.69. The van der Waals surface area contributed by atoms with Gasteiger partial charge < -0.3 is 0 Å². The van der Waals surface area contributed by atoms with Gasteiger partial charge in [0.1, 0.15) is 7.85 Å². The Hall–Kier alpha value is -1.24. The van der Waals surface area contributed by atoms with E-state index in [1.807, 2.05) is 54.7 Å². The number of rotatable bonds is 0. The van der Waals surface area contributed by atoms with Crippen LogP contribution in [0, 0.1) is 0 Å². The van der Waals surface area contributed by atoms with Crippen molar-refractivity contribution in [1.29, 1.82) is 0 Å². The highest BCUT2D eigenvalue weighted by Gasteiger charge is 1.81. The van der Waals surface area contributed by atoms with Gasteiger partial charge in [0, 0.05) is 0 Å². The standard InChI is InChI=1S/C11H11B/c12-11-9-7-5-3-1-2-4-6-8-10-11/h1-9H,10H2/b3-1-,4-2-,7-5+,8-6+,11-9-. The summed E-state index contributed by atoms with van der Waals surface area (Å²) in [5, 5.41) is 0. The smallest absolute Gasteiger partial charge is 0.108 e. The highest BCUT2D eigenvalue weighted by atomic mass is 13.8. The minimum absolute atomic E-state index is 0.814. The van der Waals surface area contributed by atoms with Crippen molar-refractivity contribution in [2.24, 2.45) is 0 Å². The monoisotopic (exact) mass is 154 g/mol. The zero-order valence-electron chi connectivity index (χ0n) is 6.98. The van der Waals surface area contributed by atoms with E-state index in [-0.39, 0.29) is 0 Å². The SMILES string of the molecule is [B]\C1=C/C=C/C=C\C=C/C=C/C1. The van der Waals surface area contributed by atoms with Gasteiger partial charge in [-0.1, -0.05) is 54.7 Å². The van der Waals surface area contributed by atoms with Crippen molar-refractivity contribution in [3.63, 3.8) is 0 Å². The largest absolute Gasteiger partial charge is 0.114 e. The van der Waals surface area contributed by atoms with E-state index in [0.29, 0.717) is 0 Å². The van der Waals surface area contributed by atoms with Crippen LogP contribution in [0.4, 0.5) is 0 Å². The Kier molecular flexibility index (Phi) is 4.00. The number of hydrogen-bond donors (Lipinski definition) is 0. The first-order chi connectivity index (χ1) is 5.89. The predicted molar refractivity (Wildman–Crippen MR) is 55.0 cm³/mol. The molecule has 0 saturated heterocycles. The van der Waals surface area contributed by atoms with Crippen molar-refractivity contribution in [3.8, 4) is 0 Å². The first-order valence-electron chi connectivity index (χ1n) is 4.01. The van der Waals surface area contributed by atoms with Crippen molar-refractivity contribution in [2.75, 3.05) is 0 Å². The van der Waals surface area contributed by atoms with E-state index in [2.05, 4.69) is 0 Å². The van der Waals surface area contributed by atoms with Crippen molar-refractivity contribution < 1.29 is 0 Å². The fourth-order valence-electron chi connectivity index (χ4n) is 0.851. The van der Waals surface area contributed by atoms with Crippen molar-refractivity contribution >= 4 is 7.85 Å². The van der Waals surface area contributed by atoms with E-state index in [1.165, 1.54) is 0 Å². The van der Waals surface area contributed by atoms with E-state index >= 15 is 0 Å². The molecule has 1 aliphatic carbocycles. The average molecular weight is 154 g/mol. The summed E-state index contributed by atoms with van der Waals surface area (Å²) in [6.07, 6.45) is 18.6. The van der Waals surface area contributed by atoms with Gasteiger partial charge in [-0.2, -0.15) is 0 Å². The summed E-state index contributed by atoms with van der Waals surface area (Å²) in [7, 11) is 5.69. The van der Waals surface area contributed by atoms with Crippen LogP contribution in [0.15, 0.2) is 60.2 Å². The molecule has 0 aromatic rings. The zero-order chi connectivity index (χ0) is 8.65. The molecule has 1 heteroatoms. The lowest BCUT2D eigenvalue weighted by molar-refractivity contribution is 1.35. The molecule has 2 radical (unpaired) electrons. The van der Waals surface area contributed by atoms with E-state index in [0.717, 1.165) is 11.9 Å². The molecule has 0 heterocycles. The van der Waals surface area contributed by atoms with Crippen LogP contribution in [0.25, 0.3) is 0 Å². The molecule has 0 nitrogen and oxygen atoms in total. The molecule has 1 rings (SSSR count). The summed E-state index contributed by atoms with van der Waals surface area (Å²) < 4.78 is 0. The molecule has 0 aromatic carbocycles. The third kappa shape index (κ3) is 3.82. The summed E-state index contributed by atoms with van der Waals surface area (Å²) in [4.78, 5) is 0. The van der Waals surface area contributed by atoms with E-state index in [4.69, 9.17) is 7.85 Å². The minimum atomic E-state index is 0.814. The fourth-order valence-corrected chi connectivity index (χ4v) is 0.851. The molecule has 0 aromatic heterocycles. The van der Waals surface area contributed by atoms with Crippen LogP contribution in [0.1, 0.15) is 6.42 Å². The molecule has 0 aliphatic heterocycles. The van der Waals surface area contributed by atoms with Gasteiger partial charge in [-0.3, -0.25) is 0 Å². The van der Waals surface area contributed by atoms with Crippen molar-refractivity contribution in [1.82, 2.24) is 0 Å². The fraction of sp³-hybridized carbons (Fsp3) is 0.0909. The van der Waals surface area contributed by atoms with Gasteiger partial charge in [-0.05, 0) is 6.42 Å². The highest BCUT2D eigenvalue weighted by Crippen LogP contribution is 1.98. The predicted octanol–water partition coefficient (Wildman–Crippen LogP) is 2.67. The van der Waals surface area contributed by atoms with Gasteiger partial charge in [-0.15, -0.1) is 5.47 Å². The quantitative estimate of drug-likeness (QED) is 0.470. The van der Waals surface area contributed by atoms with E-state index in [1.54, 1.807) is 0 Å². The number of hydrogen-bond acceptors (Lipinski definition) is 0. The molecule has 0 saturated carbocycles. The van der Waals surface area contributed by atoms with E-state index < -0.39 is 0 Å². The lowest BCUT2D eigenvalue weighted by atomic mass is 9.92. The van der Waals surface area contributed by atoms with Gasteiger partial charge in [-0.25, -0.2) is 0 Å². The maximum Gasteiger partial charge on any atom is 0.108 e. The molecule has 58 valence electrons. The summed E-state index contributed by atoms with van der Waals surface area (Å²) in [5.41, 5.74) is 0.881. The zero-order valence-corrected chi connectivity index (χ0v) is 6.98. The Morgan fingerprint density at radius 3 is 2.17 bits per heavy atom. The Balaban J connectivity index is 2.72. The summed E-state index contributed by atoms with van der Waals surface area (Å²) >= 11 is 0. The Morgan fingerprint density at radius 1 is 0.833 bits per heavy atom. The van der Waals surface area contributed by atoms with Crippen LogP contribution in [0.2, 0.25) is 0 Å². The van der Waals surface area contributed by atoms with Gasteiger partial charge in [0.2, 0.25) is 0 Å². The van der Waals surface area contributed by atoms with Gasteiger partial charge >= 0.3 is 0 Å². The van der Waals surface area contributed by atoms with Crippen LogP contribution >= 0.6 is 0 Å². The Bertz CT molecular complexity index is 265. The van der Waals surface area contributed by atoms with Crippen LogP contribution in [-0.4, -0.2) is 7.85 Å². The second-order valence-corrected chi connectivity index (χ2v) is 2.53. The second kappa shape index (κ2) is 5.42. The molecular formula is C11H11B. The molecule has 0 N–H and O–H groups in total. The normalized spacial score (nSPS) is 32.2. The van der Waals surface area contributed by atoms with E-state index in [9.17, 15) is 0 Å². The lowest BCUT2D eigenvalue weighted by Crippen LogP contribution is -1.76. The molecule has 0 fully saturated rings. The topological polar surface area (TPSA) is 0 Å². The molecule has 0 amide bonds. The van der Waals surface area contributed by atoms with Crippen LogP contribution in [0.5, 0.6) is 0 Å². The summed E-state index contributed by atoms with van der Waals surface area (Å²) in [6, 6.07) is 0. The van der Waals surface area contributed by atoms with Crippen LogP contribution in [0.3, 0.4) is 0 Å². The Labute approximate surface area is 75.1 Å². The molecule has 1 aliphatic rings. The average Bonchev–Trinajstić information content (AvgIpc) is 2.11. The first kappa shape index (κ1) is 8.86. The Morgan fingerprint density at radius 2 is 1.42 bits per heavy atom. The molecular weight excluding hydrogens is 143 g/mol. The summed E-state index contributed by atoms with van der Waals surface area (Å²) in [5.74, 6) is 0. The molecule has 12 heavy (non-hydrogen) atoms. The first-order valence-corrected chi connectivity index (χ1v) is 4.01. The third-order valence-corrected chi connectivity index (χ3v) is 1.47.